The number of hydrogen-bond donors (Lipinski definition) is 0. The molecule has 0 radical (unpaired) electrons. The topological polar surface area (TPSA) is 0 Å². The van der Waals surface area contributed by atoms with Gasteiger partial charge in [-0.3, -0.25) is 0 Å². The average Bonchev–Trinajstić information content (AvgIpc) is 2.85. The van der Waals surface area contributed by atoms with Gasteiger partial charge >= 0.3 is 212 Å². The van der Waals surface area contributed by atoms with Crippen LogP contribution < -0.4 is 0 Å². The summed E-state index contributed by atoms with van der Waals surface area (Å²) in [6.45, 7) is 5.85. The Bertz CT molecular complexity index is 472. The first-order valence-electron chi connectivity index (χ1n) is 15.0. The third-order valence-corrected chi connectivity index (χ3v) is 17.8. The molecule has 0 N–H and O–H groups in total. The van der Waals surface area contributed by atoms with Crippen LogP contribution in [0.2, 0.25) is 0 Å². The van der Waals surface area contributed by atoms with Crippen LogP contribution in [0.15, 0.2) is 30.3 Å². The van der Waals surface area contributed by atoms with Gasteiger partial charge in [0.25, 0.3) is 0 Å². The van der Waals surface area contributed by atoms with Gasteiger partial charge in [0.2, 0.25) is 0 Å². The Hall–Kier alpha value is 0.0800. The third-order valence-electron chi connectivity index (χ3n) is 7.54. The Morgan fingerprint density at radius 1 is 0.485 bits per heavy atom. The number of hydrogen-bond acceptors (Lipinski definition) is 0. The van der Waals surface area contributed by atoms with Gasteiger partial charge in [0.1, 0.15) is 0 Å². The Labute approximate surface area is 211 Å². The maximum absolute atomic E-state index is 2.38. The fraction of sp³-hybridized carbons (Fsp3) is 0.806. The molecule has 1 unspecified atom stereocenters. The van der Waals surface area contributed by atoms with Crippen molar-refractivity contribution in [2.45, 2.75) is 143 Å². The Kier molecular flexibility index (Phi) is 21.2. The standard InChI is InChI=1S/C31H60P2/c1-4-7-10-13-16-22-27-33(28-23-17-14-11-8-5-2,29-24-18-15-12-9-6-3)32-30-31-25-20-19-21-26-31/h19-21,25-26,32-33H,4-18,22-24,27-30H2,1-3H3. The van der Waals surface area contributed by atoms with E-state index in [-0.39, 0.29) is 0 Å². The molecule has 0 amide bonds. The van der Waals surface area contributed by atoms with Crippen LogP contribution in [0.4, 0.5) is 0 Å². The van der Waals surface area contributed by atoms with Crippen molar-refractivity contribution in [3.63, 3.8) is 0 Å². The normalized spacial score (nSPS) is 12.7. The Morgan fingerprint density at radius 3 is 1.24 bits per heavy atom. The van der Waals surface area contributed by atoms with Gasteiger partial charge in [-0.05, 0) is 0 Å². The van der Waals surface area contributed by atoms with E-state index in [9.17, 15) is 0 Å². The quantitative estimate of drug-likeness (QED) is 0.0990. The predicted octanol–water partition coefficient (Wildman–Crippen LogP) is 11.6. The average molecular weight is 495 g/mol. The van der Waals surface area contributed by atoms with Crippen LogP contribution >= 0.6 is 15.2 Å². The molecule has 0 aliphatic heterocycles. The molecule has 1 aromatic rings. The molecule has 0 aliphatic carbocycles. The van der Waals surface area contributed by atoms with Gasteiger partial charge in [0.05, 0.1) is 0 Å². The summed E-state index contributed by atoms with van der Waals surface area (Å²) in [6.07, 6.45) is 32.6. The van der Waals surface area contributed by atoms with Crippen LogP contribution in [0.5, 0.6) is 0 Å². The van der Waals surface area contributed by atoms with E-state index >= 15 is 0 Å². The van der Waals surface area contributed by atoms with E-state index in [1.807, 2.05) is 0 Å². The third kappa shape index (κ3) is 17.2. The van der Waals surface area contributed by atoms with Gasteiger partial charge in [-0.2, -0.15) is 0 Å². The zero-order valence-electron chi connectivity index (χ0n) is 22.9. The van der Waals surface area contributed by atoms with Crippen molar-refractivity contribution in [2.24, 2.45) is 0 Å². The van der Waals surface area contributed by atoms with Crippen molar-refractivity contribution in [1.82, 2.24) is 0 Å². The number of benzene rings is 1. The van der Waals surface area contributed by atoms with Gasteiger partial charge in [-0.1, -0.05) is 0 Å². The van der Waals surface area contributed by atoms with E-state index in [1.165, 1.54) is 130 Å². The summed E-state index contributed by atoms with van der Waals surface area (Å²) in [6, 6.07) is 11.4. The summed E-state index contributed by atoms with van der Waals surface area (Å²) in [5, 5.41) is 0. The van der Waals surface area contributed by atoms with Crippen molar-refractivity contribution < 1.29 is 0 Å². The van der Waals surface area contributed by atoms with Crippen molar-refractivity contribution in [2.75, 3.05) is 18.5 Å². The van der Waals surface area contributed by atoms with Crippen LogP contribution in [0.3, 0.4) is 0 Å². The van der Waals surface area contributed by atoms with E-state index in [0.29, 0.717) is 0 Å². The molecule has 0 fully saturated rings. The van der Waals surface area contributed by atoms with Crippen molar-refractivity contribution in [3.8, 4) is 0 Å². The molecule has 1 rings (SSSR count). The predicted molar refractivity (Wildman–Crippen MR) is 162 cm³/mol. The van der Waals surface area contributed by atoms with E-state index in [1.54, 1.807) is 24.0 Å². The van der Waals surface area contributed by atoms with Crippen LogP contribution in [0.25, 0.3) is 0 Å². The number of rotatable bonds is 24. The minimum atomic E-state index is -1.16. The van der Waals surface area contributed by atoms with E-state index < -0.39 is 6.95 Å². The minimum absolute atomic E-state index is 1.16. The van der Waals surface area contributed by atoms with Gasteiger partial charge in [0, 0.05) is 0 Å². The zero-order chi connectivity index (χ0) is 23.9. The molecular formula is C31H60P2. The van der Waals surface area contributed by atoms with Crippen LogP contribution in [-0.4, -0.2) is 18.5 Å². The van der Waals surface area contributed by atoms with Crippen molar-refractivity contribution in [3.05, 3.63) is 35.9 Å². The molecule has 0 bridgehead atoms. The van der Waals surface area contributed by atoms with Gasteiger partial charge in [-0.25, -0.2) is 0 Å². The summed E-state index contributed by atoms with van der Waals surface area (Å²) in [5.74, 6) is 0. The second-order valence-corrected chi connectivity index (χ2v) is 19.7. The van der Waals surface area contributed by atoms with Crippen LogP contribution in [0.1, 0.15) is 142 Å². The fourth-order valence-electron chi connectivity index (χ4n) is 5.26. The summed E-state index contributed by atoms with van der Waals surface area (Å²) in [4.78, 5) is 0. The molecule has 2 heteroatoms. The monoisotopic (exact) mass is 494 g/mol. The molecule has 0 saturated carbocycles. The van der Waals surface area contributed by atoms with Crippen molar-refractivity contribution in [1.29, 1.82) is 0 Å². The van der Waals surface area contributed by atoms with Crippen LogP contribution in [-0.2, 0) is 6.16 Å². The van der Waals surface area contributed by atoms with E-state index in [4.69, 9.17) is 0 Å². The second kappa shape index (κ2) is 22.5. The second-order valence-electron chi connectivity index (χ2n) is 10.7. The summed E-state index contributed by atoms with van der Waals surface area (Å²) >= 11 is 0. The molecule has 194 valence electrons. The molecular weight excluding hydrogens is 434 g/mol. The molecule has 33 heavy (non-hydrogen) atoms. The Balaban J connectivity index is 2.68. The van der Waals surface area contributed by atoms with Gasteiger partial charge in [0.15, 0.2) is 0 Å². The molecule has 0 nitrogen and oxygen atoms in total. The Morgan fingerprint density at radius 2 is 0.848 bits per heavy atom. The van der Waals surface area contributed by atoms with E-state index in [0.717, 1.165) is 0 Å². The summed E-state index contributed by atoms with van der Waals surface area (Å²) in [5.41, 5.74) is 1.60. The summed E-state index contributed by atoms with van der Waals surface area (Å²) < 4.78 is 0. The zero-order valence-corrected chi connectivity index (χ0v) is 24.9. The SMILES string of the molecule is CCCCCCCC[PH](CCCCCCCC)(CCCCCCCC)PCc1ccccc1. The molecule has 0 aliphatic rings. The molecule has 0 heterocycles. The van der Waals surface area contributed by atoms with Gasteiger partial charge < -0.3 is 0 Å². The summed E-state index contributed by atoms with van der Waals surface area (Å²) in [7, 11) is 1.25. The molecule has 0 spiro atoms. The first kappa shape index (κ1) is 31.1. The molecule has 1 aromatic carbocycles. The first-order valence-corrected chi connectivity index (χ1v) is 19.9. The van der Waals surface area contributed by atoms with Crippen LogP contribution in [0, 0.1) is 0 Å². The molecule has 0 saturated heterocycles. The van der Waals surface area contributed by atoms with E-state index in [2.05, 4.69) is 51.1 Å². The number of unbranched alkanes of at least 4 members (excludes halogenated alkanes) is 15. The first-order chi connectivity index (χ1) is 16.3. The van der Waals surface area contributed by atoms with Crippen molar-refractivity contribution >= 4 is 15.2 Å². The maximum atomic E-state index is 2.38. The molecule has 0 aromatic heterocycles. The fourth-order valence-corrected chi connectivity index (χ4v) is 15.1. The van der Waals surface area contributed by atoms with Gasteiger partial charge in [-0.15, -0.1) is 0 Å². The molecule has 1 atom stereocenters.